The lowest BCUT2D eigenvalue weighted by Crippen LogP contribution is -2.82. The van der Waals surface area contributed by atoms with Crippen LogP contribution in [-0.2, 0) is 38.0 Å². The van der Waals surface area contributed by atoms with Gasteiger partial charge in [0.05, 0.1) is 61.3 Å². The van der Waals surface area contributed by atoms with Gasteiger partial charge in [-0.1, -0.05) is 39.3 Å². The number of hydrogen-bond acceptors (Lipinski definition) is 12. The third-order valence-corrected chi connectivity index (χ3v) is 14.9. The van der Waals surface area contributed by atoms with Gasteiger partial charge >= 0.3 is 11.9 Å². The Morgan fingerprint density at radius 1 is 1.02 bits per heavy atom. The Morgan fingerprint density at radius 3 is 2.44 bits per heavy atom. The molecule has 0 radical (unpaired) electrons. The summed E-state index contributed by atoms with van der Waals surface area (Å²) < 4.78 is 36.7. The first-order chi connectivity index (χ1) is 25.9. The number of nitrogens with zero attached hydrogens (tertiary/aromatic N) is 1. The van der Waals surface area contributed by atoms with Gasteiger partial charge < -0.3 is 44.0 Å². The highest BCUT2D eigenvalue weighted by Gasteiger charge is 2.91. The molecule has 1 spiro atoms. The molecule has 5 saturated carbocycles. The minimum absolute atomic E-state index is 0.0391. The Morgan fingerprint density at radius 2 is 1.78 bits per heavy atom. The number of carbonyl (C=O) groups excluding carboxylic acids is 3. The summed E-state index contributed by atoms with van der Waals surface area (Å²) in [5.41, 5.74) is -4.07. The van der Waals surface area contributed by atoms with Crippen LogP contribution in [0.5, 0.6) is 0 Å². The highest BCUT2D eigenvalue weighted by molar-refractivity contribution is 6.02. The highest BCUT2D eigenvalue weighted by Crippen LogP contribution is 2.80. The second-order valence-corrected chi connectivity index (χ2v) is 17.0. The molecule has 14 atom stereocenters. The molecule has 6 fully saturated rings. The highest BCUT2D eigenvalue weighted by atomic mass is 16.5. The molecule has 1 aliphatic heterocycles. The molecular weight excluding hydrogens is 696 g/mol. The van der Waals surface area contributed by atoms with Crippen LogP contribution in [0.4, 0.5) is 5.69 Å². The van der Waals surface area contributed by atoms with Gasteiger partial charge in [-0.15, -0.1) is 0 Å². The second kappa shape index (κ2) is 14.7. The average molecular weight is 757 g/mol. The number of carbonyl (C=O) groups is 3. The zero-order chi connectivity index (χ0) is 38.8. The van der Waals surface area contributed by atoms with Crippen molar-refractivity contribution in [2.45, 2.75) is 107 Å². The smallest absolute Gasteiger partial charge is 0.340 e. The number of ether oxygens (including phenoxy) is 6. The number of nitrogens with one attached hydrogen (secondary N) is 1. The van der Waals surface area contributed by atoms with E-state index in [0.717, 1.165) is 19.3 Å². The van der Waals surface area contributed by atoms with Crippen LogP contribution in [0.15, 0.2) is 24.3 Å². The molecule has 6 aliphatic rings. The molecule has 1 aromatic carbocycles. The zero-order valence-electron chi connectivity index (χ0n) is 32.9. The normalized spacial score (nSPS) is 42.0. The molecule has 1 heterocycles. The van der Waals surface area contributed by atoms with Gasteiger partial charge in [-0.3, -0.25) is 14.5 Å². The molecule has 7 bridgehead atoms. The number of rotatable bonds is 15. The van der Waals surface area contributed by atoms with Gasteiger partial charge in [-0.25, -0.2) is 4.79 Å². The fraction of sp³-hybridized carbons (Fsp3) is 0.780. The van der Waals surface area contributed by atoms with Crippen LogP contribution >= 0.6 is 0 Å². The Bertz CT molecular complexity index is 1590. The molecule has 54 heavy (non-hydrogen) atoms. The molecule has 300 valence electrons. The van der Waals surface area contributed by atoms with Gasteiger partial charge in [0.25, 0.3) is 0 Å². The van der Waals surface area contributed by atoms with Crippen molar-refractivity contribution in [1.29, 1.82) is 0 Å². The SMILES string of the molecule is CCCCOC(=O)CC(C)C(=O)Nc1ccccc1C(=O)OC[C@@]12CCC(OC)C34C5CC6C(OC)C5[C@](O)(C[C@@H]6OC)[C@](O)(C(OC)C31)C4N(CC)C2. The minimum atomic E-state index is -1.70. The number of para-hydroxylation sites is 1. The maximum Gasteiger partial charge on any atom is 0.340 e. The number of anilines is 1. The third-order valence-electron chi connectivity index (χ3n) is 14.9. The number of methoxy groups -OCH3 is 4. The van der Waals surface area contributed by atoms with Crippen molar-refractivity contribution in [3.05, 3.63) is 29.8 Å². The number of piperidine rings is 1. The lowest BCUT2D eigenvalue weighted by molar-refractivity contribution is -0.320. The summed E-state index contributed by atoms with van der Waals surface area (Å²) in [7, 11) is 6.71. The lowest BCUT2D eigenvalue weighted by Gasteiger charge is -2.70. The van der Waals surface area contributed by atoms with Crippen molar-refractivity contribution in [3.8, 4) is 0 Å². The first-order valence-electron chi connectivity index (χ1n) is 19.9. The lowest BCUT2D eigenvalue weighted by atomic mass is 9.42. The van der Waals surface area contributed by atoms with Gasteiger partial charge in [-0.05, 0) is 50.3 Å². The van der Waals surface area contributed by atoms with E-state index in [0.29, 0.717) is 38.2 Å². The van der Waals surface area contributed by atoms with Crippen LogP contribution in [0.25, 0.3) is 0 Å². The molecule has 5 aliphatic carbocycles. The molecule has 13 nitrogen and oxygen atoms in total. The Hall–Kier alpha value is -2.65. The van der Waals surface area contributed by atoms with Gasteiger partial charge in [0.1, 0.15) is 11.2 Å². The van der Waals surface area contributed by atoms with Crippen LogP contribution in [0.2, 0.25) is 0 Å². The summed E-state index contributed by atoms with van der Waals surface area (Å²) >= 11 is 0. The maximum atomic E-state index is 14.1. The molecule has 3 N–H and O–H groups in total. The van der Waals surface area contributed by atoms with Crippen molar-refractivity contribution >= 4 is 23.5 Å². The molecule has 13 heteroatoms. The van der Waals surface area contributed by atoms with Crippen molar-refractivity contribution in [3.63, 3.8) is 0 Å². The molecule has 7 rings (SSSR count). The van der Waals surface area contributed by atoms with Crippen molar-refractivity contribution in [2.75, 3.05) is 60.1 Å². The fourth-order valence-electron chi connectivity index (χ4n) is 13.0. The first kappa shape index (κ1) is 39.6. The van der Waals surface area contributed by atoms with E-state index in [1.807, 2.05) is 6.92 Å². The predicted octanol–water partition coefficient (Wildman–Crippen LogP) is 3.44. The van der Waals surface area contributed by atoms with Crippen molar-refractivity contribution in [1.82, 2.24) is 4.90 Å². The van der Waals surface area contributed by atoms with E-state index < -0.39 is 57.9 Å². The monoisotopic (exact) mass is 756 g/mol. The molecule has 0 aromatic heterocycles. The van der Waals surface area contributed by atoms with Crippen LogP contribution in [-0.4, -0.2) is 129 Å². The van der Waals surface area contributed by atoms with E-state index in [1.54, 1.807) is 59.6 Å². The average Bonchev–Trinajstić information content (AvgIpc) is 3.58. The van der Waals surface area contributed by atoms with E-state index in [2.05, 4.69) is 17.1 Å². The summed E-state index contributed by atoms with van der Waals surface area (Å²) in [5, 5.41) is 29.5. The summed E-state index contributed by atoms with van der Waals surface area (Å²) in [6.07, 6.45) is 2.29. The van der Waals surface area contributed by atoms with Crippen molar-refractivity contribution < 1.29 is 53.0 Å². The summed E-state index contributed by atoms with van der Waals surface area (Å²) in [5.74, 6) is -2.84. The van der Waals surface area contributed by atoms with Crippen LogP contribution in [0.1, 0.15) is 76.1 Å². The molecule has 1 aromatic rings. The number of aliphatic hydroxyl groups is 2. The number of benzene rings is 1. The number of unbranched alkanes of at least 4 members (excludes halogenated alkanes) is 1. The fourth-order valence-corrected chi connectivity index (χ4v) is 13.0. The predicted molar refractivity (Wildman–Crippen MR) is 196 cm³/mol. The number of esters is 2. The minimum Gasteiger partial charge on any atom is -0.466 e. The van der Waals surface area contributed by atoms with E-state index in [9.17, 15) is 24.6 Å². The largest absolute Gasteiger partial charge is 0.466 e. The number of likely N-dealkylation sites (tertiary alicyclic amines) is 1. The Balaban J connectivity index is 1.21. The summed E-state index contributed by atoms with van der Waals surface area (Å²) in [4.78, 5) is 41.9. The topological polar surface area (TPSA) is 162 Å². The standard InChI is InChI=1S/C41H60N2O11/c1-8-10-17-53-30(44)18-23(3)35(45)42-27-14-12-11-13-24(27)36(46)54-22-38-16-15-29(50-5)40-26-19-25-28(49-4)20-39(47,31(26)32(25)51-6)41(48,34(52-7)33(38)40)37(40)43(9-2)21-38/h11-14,23,25-26,28-29,31-34,37,47-48H,8-10,15-22H2,1-7H3,(H,42,45)/t23?,25?,26?,28-,29?,31?,32?,33?,34?,37?,38-,39+,40?,41-/m0/s1. The summed E-state index contributed by atoms with van der Waals surface area (Å²) in [6, 6.07) is 6.24. The first-order valence-corrected chi connectivity index (χ1v) is 19.9. The van der Waals surface area contributed by atoms with E-state index in [4.69, 9.17) is 28.4 Å². The van der Waals surface area contributed by atoms with Gasteiger partial charge in [0, 0.05) is 75.9 Å². The van der Waals surface area contributed by atoms with Crippen LogP contribution < -0.4 is 5.32 Å². The summed E-state index contributed by atoms with van der Waals surface area (Å²) in [6.45, 7) is 7.23. The van der Waals surface area contributed by atoms with Crippen molar-refractivity contribution in [2.24, 2.45) is 40.4 Å². The quantitative estimate of drug-likeness (QED) is 0.177. The Kier molecular flexibility index (Phi) is 10.8. The number of amides is 1. The van der Waals surface area contributed by atoms with Crippen LogP contribution in [0, 0.1) is 40.4 Å². The maximum absolute atomic E-state index is 14.1. The third kappa shape index (κ3) is 5.39. The van der Waals surface area contributed by atoms with E-state index in [-0.39, 0.29) is 67.0 Å². The molecular formula is C41H60N2O11. The molecule has 1 amide bonds. The van der Waals surface area contributed by atoms with E-state index >= 15 is 0 Å². The number of likely N-dealkylation sites (N-methyl/N-ethyl adjacent to an activating group) is 1. The molecule has 1 saturated heterocycles. The van der Waals surface area contributed by atoms with Gasteiger partial charge in [0.2, 0.25) is 5.91 Å². The zero-order valence-corrected chi connectivity index (χ0v) is 32.9. The number of hydrogen-bond donors (Lipinski definition) is 3. The van der Waals surface area contributed by atoms with E-state index in [1.165, 1.54) is 0 Å². The molecule has 10 unspecified atom stereocenters. The Labute approximate surface area is 318 Å². The van der Waals surface area contributed by atoms with Gasteiger partial charge in [-0.2, -0.15) is 0 Å². The second-order valence-electron chi connectivity index (χ2n) is 17.0. The van der Waals surface area contributed by atoms with Gasteiger partial charge in [0.15, 0.2) is 0 Å². The number of fused-ring (bicyclic) bond motifs is 2. The van der Waals surface area contributed by atoms with Crippen LogP contribution in [0.3, 0.4) is 0 Å².